The monoisotopic (exact) mass is 360 g/mol. The maximum Gasteiger partial charge on any atom is 0.272 e. The van der Waals surface area contributed by atoms with Gasteiger partial charge in [-0.05, 0) is 25.0 Å². The van der Waals surface area contributed by atoms with Crippen molar-refractivity contribution in [3.63, 3.8) is 0 Å². The topological polar surface area (TPSA) is 58.6 Å². The van der Waals surface area contributed by atoms with Gasteiger partial charge >= 0.3 is 0 Å². The molecule has 0 radical (unpaired) electrons. The number of ether oxygens (including phenoxy) is 1. The minimum absolute atomic E-state index is 0.00301. The van der Waals surface area contributed by atoms with Gasteiger partial charge in [0.15, 0.2) is 0 Å². The molecule has 3 heterocycles. The van der Waals surface area contributed by atoms with Crippen LogP contribution in [-0.4, -0.2) is 61.2 Å². The van der Waals surface area contributed by atoms with Crippen LogP contribution in [0.5, 0.6) is 0 Å². The number of methoxy groups -OCH3 is 1. The van der Waals surface area contributed by atoms with Crippen LogP contribution in [0.2, 0.25) is 0 Å². The summed E-state index contributed by atoms with van der Waals surface area (Å²) in [5.41, 5.74) is 1.48. The van der Waals surface area contributed by atoms with Crippen molar-refractivity contribution in [1.82, 2.24) is 14.9 Å². The van der Waals surface area contributed by atoms with E-state index in [2.05, 4.69) is 14.9 Å². The fraction of sp³-hybridized carbons (Fsp3) is 0.500. The van der Waals surface area contributed by atoms with E-state index < -0.39 is 0 Å². The average molecular weight is 360 g/mol. The average Bonchev–Trinajstić information content (AvgIpc) is 3.20. The molecule has 0 N–H and O–H groups in total. The molecule has 0 unspecified atom stereocenters. The van der Waals surface area contributed by atoms with E-state index in [-0.39, 0.29) is 5.91 Å². The third-order valence-electron chi connectivity index (χ3n) is 4.54. The lowest BCUT2D eigenvalue weighted by atomic mass is 9.98. The van der Waals surface area contributed by atoms with Gasteiger partial charge in [-0.1, -0.05) is 0 Å². The number of pyridine rings is 1. The number of hydrogen-bond donors (Lipinski definition) is 0. The summed E-state index contributed by atoms with van der Waals surface area (Å²) in [6, 6.07) is 3.78. The van der Waals surface area contributed by atoms with Crippen molar-refractivity contribution in [3.05, 3.63) is 40.6 Å². The smallest absolute Gasteiger partial charge is 0.272 e. The molecule has 1 aliphatic heterocycles. The number of hydrogen-bond acceptors (Lipinski definition) is 6. The van der Waals surface area contributed by atoms with Crippen LogP contribution >= 0.6 is 11.3 Å². The minimum Gasteiger partial charge on any atom is -0.383 e. The van der Waals surface area contributed by atoms with Crippen molar-refractivity contribution in [2.75, 3.05) is 45.3 Å². The van der Waals surface area contributed by atoms with Crippen LogP contribution < -0.4 is 4.90 Å². The summed E-state index contributed by atoms with van der Waals surface area (Å²) < 4.78 is 5.12. The fourth-order valence-corrected chi connectivity index (χ4v) is 3.86. The molecule has 0 bridgehead atoms. The minimum atomic E-state index is 0.00301. The number of thiazole rings is 1. The predicted octanol–water partition coefficient (Wildman–Crippen LogP) is 2.64. The highest BCUT2D eigenvalue weighted by Gasteiger charge is 2.27. The first kappa shape index (κ1) is 17.8. The summed E-state index contributed by atoms with van der Waals surface area (Å²) in [6.07, 6.45) is 5.63. The van der Waals surface area contributed by atoms with Gasteiger partial charge in [-0.3, -0.25) is 9.78 Å². The molecule has 1 aliphatic rings. The molecule has 7 heteroatoms. The number of rotatable bonds is 6. The Bertz CT molecular complexity index is 692. The van der Waals surface area contributed by atoms with Crippen molar-refractivity contribution < 1.29 is 9.53 Å². The van der Waals surface area contributed by atoms with Gasteiger partial charge in [-0.2, -0.15) is 0 Å². The zero-order valence-corrected chi connectivity index (χ0v) is 15.5. The third-order valence-corrected chi connectivity index (χ3v) is 5.48. The lowest BCUT2D eigenvalue weighted by Crippen LogP contribution is -2.39. The van der Waals surface area contributed by atoms with E-state index in [0.29, 0.717) is 18.2 Å². The molecule has 1 saturated heterocycles. The molecular formula is C18H24N4O2S. The predicted molar refractivity (Wildman–Crippen MR) is 99.4 cm³/mol. The zero-order valence-electron chi connectivity index (χ0n) is 14.7. The van der Waals surface area contributed by atoms with E-state index in [0.717, 1.165) is 43.2 Å². The quantitative estimate of drug-likeness (QED) is 0.793. The van der Waals surface area contributed by atoms with Gasteiger partial charge in [-0.15, -0.1) is 11.3 Å². The van der Waals surface area contributed by atoms with Crippen LogP contribution in [0.25, 0.3) is 0 Å². The van der Waals surface area contributed by atoms with Crippen molar-refractivity contribution in [1.29, 1.82) is 0 Å². The number of aromatic nitrogens is 2. The third kappa shape index (κ3) is 4.35. The number of carbonyl (C=O) groups excluding carboxylic acids is 1. The second kappa shape index (κ2) is 8.40. The second-order valence-electron chi connectivity index (χ2n) is 6.27. The van der Waals surface area contributed by atoms with Crippen LogP contribution in [0.3, 0.4) is 0 Å². The molecule has 0 aromatic carbocycles. The number of piperidine rings is 1. The number of nitrogens with zero attached hydrogens (tertiary/aromatic N) is 4. The van der Waals surface area contributed by atoms with Gasteiger partial charge in [0.1, 0.15) is 5.69 Å². The Morgan fingerprint density at radius 2 is 2.32 bits per heavy atom. The number of anilines is 1. The first-order valence-corrected chi connectivity index (χ1v) is 9.42. The Hall–Kier alpha value is -1.99. The van der Waals surface area contributed by atoms with Crippen molar-refractivity contribution >= 4 is 22.9 Å². The standard InChI is InChI=1S/C18H24N4O2S/c1-21(9-10-24-2)15-5-6-19-16(12-15)18(23)22-8-3-4-14(13-22)17-20-7-11-25-17/h5-7,11-12,14H,3-4,8-10,13H2,1-2H3/t14-/m1/s1. The number of carbonyl (C=O) groups is 1. The van der Waals surface area contributed by atoms with E-state index in [1.54, 1.807) is 24.6 Å². The highest BCUT2D eigenvalue weighted by molar-refractivity contribution is 7.09. The molecule has 1 fully saturated rings. The molecule has 1 atom stereocenters. The van der Waals surface area contributed by atoms with Crippen molar-refractivity contribution in [2.45, 2.75) is 18.8 Å². The summed E-state index contributed by atoms with van der Waals surface area (Å²) in [7, 11) is 3.67. The molecule has 1 amide bonds. The Balaban J connectivity index is 1.70. The molecule has 0 aliphatic carbocycles. The summed E-state index contributed by atoms with van der Waals surface area (Å²) in [6.45, 7) is 2.91. The van der Waals surface area contributed by atoms with Crippen LogP contribution in [-0.2, 0) is 4.74 Å². The Kier molecular flexibility index (Phi) is 5.99. The second-order valence-corrected chi connectivity index (χ2v) is 7.20. The van der Waals surface area contributed by atoms with Crippen molar-refractivity contribution in [3.8, 4) is 0 Å². The highest BCUT2D eigenvalue weighted by Crippen LogP contribution is 2.29. The normalized spacial score (nSPS) is 17.5. The van der Waals surface area contributed by atoms with E-state index in [1.807, 2.05) is 35.7 Å². The molecule has 0 spiro atoms. The first-order valence-electron chi connectivity index (χ1n) is 8.54. The van der Waals surface area contributed by atoms with Gasteiger partial charge in [-0.25, -0.2) is 4.98 Å². The SMILES string of the molecule is COCCN(C)c1ccnc(C(=O)N2CCC[C@@H](c3nccs3)C2)c1. The van der Waals surface area contributed by atoms with E-state index in [1.165, 1.54) is 0 Å². The maximum atomic E-state index is 12.9. The van der Waals surface area contributed by atoms with E-state index in [9.17, 15) is 4.79 Å². The number of likely N-dealkylation sites (tertiary alicyclic amines) is 1. The summed E-state index contributed by atoms with van der Waals surface area (Å²) in [5.74, 6) is 0.341. The van der Waals surface area contributed by atoms with E-state index >= 15 is 0 Å². The van der Waals surface area contributed by atoms with Gasteiger partial charge < -0.3 is 14.5 Å². The van der Waals surface area contributed by atoms with Gasteiger partial charge in [0, 0.05) is 63.2 Å². The zero-order chi connectivity index (χ0) is 17.6. The molecular weight excluding hydrogens is 336 g/mol. The Morgan fingerprint density at radius 1 is 1.44 bits per heavy atom. The molecule has 134 valence electrons. The summed E-state index contributed by atoms with van der Waals surface area (Å²) in [4.78, 5) is 25.6. The molecule has 0 saturated carbocycles. The van der Waals surface area contributed by atoms with Crippen LogP contribution in [0, 0.1) is 0 Å². The Morgan fingerprint density at radius 3 is 3.08 bits per heavy atom. The summed E-state index contributed by atoms with van der Waals surface area (Å²) >= 11 is 1.67. The highest BCUT2D eigenvalue weighted by atomic mass is 32.1. The van der Waals surface area contributed by atoms with Crippen molar-refractivity contribution in [2.24, 2.45) is 0 Å². The van der Waals surface area contributed by atoms with E-state index in [4.69, 9.17) is 4.74 Å². The molecule has 2 aromatic heterocycles. The molecule has 6 nitrogen and oxygen atoms in total. The summed E-state index contributed by atoms with van der Waals surface area (Å²) in [5, 5.41) is 3.12. The van der Waals surface area contributed by atoms with Crippen LogP contribution in [0.15, 0.2) is 29.9 Å². The first-order chi connectivity index (χ1) is 12.2. The van der Waals surface area contributed by atoms with Crippen LogP contribution in [0.1, 0.15) is 34.3 Å². The fourth-order valence-electron chi connectivity index (χ4n) is 3.09. The Labute approximate surface area is 152 Å². The lowest BCUT2D eigenvalue weighted by molar-refractivity contribution is 0.0701. The largest absolute Gasteiger partial charge is 0.383 e. The van der Waals surface area contributed by atoms with Gasteiger partial charge in [0.05, 0.1) is 11.6 Å². The van der Waals surface area contributed by atoms with Gasteiger partial charge in [0.25, 0.3) is 5.91 Å². The number of likely N-dealkylation sites (N-methyl/N-ethyl adjacent to an activating group) is 1. The molecule has 2 aromatic rings. The lowest BCUT2D eigenvalue weighted by Gasteiger charge is -2.31. The maximum absolute atomic E-state index is 12.9. The number of amides is 1. The van der Waals surface area contributed by atoms with Crippen LogP contribution in [0.4, 0.5) is 5.69 Å². The molecule has 25 heavy (non-hydrogen) atoms. The molecule has 3 rings (SSSR count). The van der Waals surface area contributed by atoms with Gasteiger partial charge in [0.2, 0.25) is 0 Å².